The molecule has 2 N–H and O–H groups in total. The van der Waals surface area contributed by atoms with E-state index in [0.29, 0.717) is 36.7 Å². The average molecular weight is 440 g/mol. The number of aromatic nitrogens is 4. The fraction of sp³-hybridized carbons (Fsp3) is 0.364. The van der Waals surface area contributed by atoms with Crippen LogP contribution in [-0.2, 0) is 20.3 Å². The fourth-order valence-corrected chi connectivity index (χ4v) is 5.19. The highest BCUT2D eigenvalue weighted by atomic mass is 32.2. The molecule has 31 heavy (non-hydrogen) atoms. The Morgan fingerprint density at radius 3 is 2.87 bits per heavy atom. The van der Waals surface area contributed by atoms with E-state index in [4.69, 9.17) is 14.7 Å². The van der Waals surface area contributed by atoms with Gasteiger partial charge >= 0.3 is 0 Å². The monoisotopic (exact) mass is 439 g/mol. The summed E-state index contributed by atoms with van der Waals surface area (Å²) >= 11 is 0. The van der Waals surface area contributed by atoms with Crippen molar-refractivity contribution in [3.05, 3.63) is 41.7 Å². The molecule has 4 aromatic rings. The van der Waals surface area contributed by atoms with Crippen molar-refractivity contribution in [3.63, 3.8) is 0 Å². The van der Waals surface area contributed by atoms with E-state index >= 15 is 0 Å². The van der Waals surface area contributed by atoms with Crippen molar-refractivity contribution in [2.45, 2.75) is 25.6 Å². The summed E-state index contributed by atoms with van der Waals surface area (Å²) in [7, 11) is -3.23. The van der Waals surface area contributed by atoms with Crippen LogP contribution in [0, 0.1) is 6.92 Å². The van der Waals surface area contributed by atoms with Gasteiger partial charge in [0.05, 0.1) is 30.5 Å². The zero-order chi connectivity index (χ0) is 21.8. The summed E-state index contributed by atoms with van der Waals surface area (Å²) in [5.41, 5.74) is 4.85. The van der Waals surface area contributed by atoms with Gasteiger partial charge in [0.2, 0.25) is 0 Å². The van der Waals surface area contributed by atoms with Gasteiger partial charge in [-0.2, -0.15) is 0 Å². The molecule has 1 aliphatic heterocycles. The number of sulfone groups is 1. The number of anilines is 1. The maximum absolute atomic E-state index is 12.1. The smallest absolute Gasteiger partial charge is 0.162 e. The zero-order valence-corrected chi connectivity index (χ0v) is 18.6. The Kier molecular flexibility index (Phi) is 4.75. The summed E-state index contributed by atoms with van der Waals surface area (Å²) in [4.78, 5) is 18.7. The van der Waals surface area contributed by atoms with Crippen LogP contribution >= 0.6 is 0 Å². The van der Waals surface area contributed by atoms with Crippen LogP contribution in [-0.4, -0.2) is 60.4 Å². The maximum atomic E-state index is 12.1. The number of morpholine rings is 1. The first kappa shape index (κ1) is 20.0. The maximum Gasteiger partial charge on any atom is 0.162 e. The molecule has 1 fully saturated rings. The van der Waals surface area contributed by atoms with Crippen molar-refractivity contribution in [2.24, 2.45) is 0 Å². The number of hydrogen-bond acceptors (Lipinski definition) is 6. The standard InChI is InChI=1S/C22H25N5O3S/c1-13-11-30-10-9-27(13)22-20-19(17(14(2)24-20)12-31(3,28)29)25-21(26-22)16-5-4-6-18-15(16)7-8-23-18/h4-8,13,23-24H,9-12H2,1-3H3/t13-/m1/s1. The number of hydrogen-bond donors (Lipinski definition) is 2. The van der Waals surface area contributed by atoms with Gasteiger partial charge in [0.15, 0.2) is 21.5 Å². The molecule has 4 heterocycles. The highest BCUT2D eigenvalue weighted by Gasteiger charge is 2.27. The molecule has 0 bridgehead atoms. The van der Waals surface area contributed by atoms with E-state index in [9.17, 15) is 8.42 Å². The van der Waals surface area contributed by atoms with Gasteiger partial charge in [-0.15, -0.1) is 0 Å². The molecule has 1 saturated heterocycles. The second-order valence-electron chi connectivity index (χ2n) is 8.25. The molecule has 0 unspecified atom stereocenters. The molecule has 0 amide bonds. The molecule has 1 atom stereocenters. The topological polar surface area (TPSA) is 104 Å². The highest BCUT2D eigenvalue weighted by Crippen LogP contribution is 2.34. The lowest BCUT2D eigenvalue weighted by Gasteiger charge is -2.34. The van der Waals surface area contributed by atoms with Crippen LogP contribution in [0.25, 0.3) is 33.3 Å². The lowest BCUT2D eigenvalue weighted by atomic mass is 10.1. The number of aryl methyl sites for hydroxylation is 1. The van der Waals surface area contributed by atoms with Crippen molar-refractivity contribution >= 4 is 37.6 Å². The predicted molar refractivity (Wildman–Crippen MR) is 122 cm³/mol. The lowest BCUT2D eigenvalue weighted by Crippen LogP contribution is -2.44. The molecule has 1 aliphatic rings. The number of benzene rings is 1. The van der Waals surface area contributed by atoms with Gasteiger partial charge in [-0.1, -0.05) is 12.1 Å². The van der Waals surface area contributed by atoms with E-state index in [1.54, 1.807) is 0 Å². The van der Waals surface area contributed by atoms with Crippen LogP contribution in [0.5, 0.6) is 0 Å². The summed E-state index contributed by atoms with van der Waals surface area (Å²) in [5, 5.41) is 1.03. The molecular formula is C22H25N5O3S. The van der Waals surface area contributed by atoms with E-state index in [1.165, 1.54) is 6.26 Å². The summed E-state index contributed by atoms with van der Waals surface area (Å²) in [6.45, 7) is 5.94. The summed E-state index contributed by atoms with van der Waals surface area (Å²) < 4.78 is 29.9. The third-order valence-electron chi connectivity index (χ3n) is 5.82. The summed E-state index contributed by atoms with van der Waals surface area (Å²) in [6.07, 6.45) is 3.14. The Hall–Kier alpha value is -2.91. The Bertz CT molecular complexity index is 1390. The van der Waals surface area contributed by atoms with Gasteiger partial charge in [-0.25, -0.2) is 18.4 Å². The van der Waals surface area contributed by atoms with Gasteiger partial charge in [0, 0.05) is 46.7 Å². The number of ether oxygens (including phenoxy) is 1. The second-order valence-corrected chi connectivity index (χ2v) is 10.4. The Morgan fingerprint density at radius 1 is 1.26 bits per heavy atom. The molecule has 8 nitrogen and oxygen atoms in total. The highest BCUT2D eigenvalue weighted by molar-refractivity contribution is 7.89. The van der Waals surface area contributed by atoms with Gasteiger partial charge in [0.25, 0.3) is 0 Å². The van der Waals surface area contributed by atoms with Crippen LogP contribution in [0.3, 0.4) is 0 Å². The van der Waals surface area contributed by atoms with Crippen molar-refractivity contribution in [2.75, 3.05) is 30.9 Å². The SMILES string of the molecule is Cc1[nH]c2c(N3CCOC[C@H]3C)nc(-c3cccc4[nH]ccc34)nc2c1CS(C)(=O)=O. The molecule has 0 spiro atoms. The van der Waals surface area contributed by atoms with Gasteiger partial charge in [0.1, 0.15) is 5.52 Å². The minimum absolute atomic E-state index is 0.0677. The van der Waals surface area contributed by atoms with Gasteiger partial charge < -0.3 is 19.6 Å². The van der Waals surface area contributed by atoms with Crippen LogP contribution in [0.4, 0.5) is 5.82 Å². The van der Waals surface area contributed by atoms with E-state index in [-0.39, 0.29) is 11.8 Å². The zero-order valence-electron chi connectivity index (χ0n) is 17.8. The number of H-pyrrole nitrogens is 2. The van der Waals surface area contributed by atoms with Gasteiger partial charge in [-0.05, 0) is 26.0 Å². The number of rotatable bonds is 4. The van der Waals surface area contributed by atoms with E-state index in [1.807, 2.05) is 37.4 Å². The number of fused-ring (bicyclic) bond motifs is 2. The van der Waals surface area contributed by atoms with Crippen LogP contribution in [0.2, 0.25) is 0 Å². The van der Waals surface area contributed by atoms with Crippen LogP contribution in [0.15, 0.2) is 30.5 Å². The Morgan fingerprint density at radius 2 is 2.10 bits per heavy atom. The minimum atomic E-state index is -3.23. The average Bonchev–Trinajstić information content (AvgIpc) is 3.32. The third-order valence-corrected chi connectivity index (χ3v) is 6.64. The van der Waals surface area contributed by atoms with Crippen molar-refractivity contribution in [1.82, 2.24) is 19.9 Å². The summed E-state index contributed by atoms with van der Waals surface area (Å²) in [6, 6.07) is 8.13. The molecule has 3 aromatic heterocycles. The van der Waals surface area contributed by atoms with Crippen molar-refractivity contribution in [1.29, 1.82) is 0 Å². The van der Waals surface area contributed by atoms with Gasteiger partial charge in [-0.3, -0.25) is 0 Å². The quantitative estimate of drug-likeness (QED) is 0.506. The number of nitrogens with zero attached hydrogens (tertiary/aromatic N) is 3. The first-order chi connectivity index (χ1) is 14.8. The van der Waals surface area contributed by atoms with E-state index < -0.39 is 9.84 Å². The Balaban J connectivity index is 1.80. The third kappa shape index (κ3) is 3.57. The van der Waals surface area contributed by atoms with E-state index in [0.717, 1.165) is 33.5 Å². The molecular weight excluding hydrogens is 414 g/mol. The number of aromatic amines is 2. The van der Waals surface area contributed by atoms with Crippen LogP contribution < -0.4 is 4.90 Å². The molecule has 9 heteroatoms. The normalized spacial score (nSPS) is 17.6. The van der Waals surface area contributed by atoms with Crippen LogP contribution in [0.1, 0.15) is 18.2 Å². The molecule has 5 rings (SSSR count). The predicted octanol–water partition coefficient (Wildman–Crippen LogP) is 3.18. The van der Waals surface area contributed by atoms with Crippen molar-refractivity contribution in [3.8, 4) is 11.4 Å². The molecule has 162 valence electrons. The lowest BCUT2D eigenvalue weighted by molar-refractivity contribution is 0.0987. The summed E-state index contributed by atoms with van der Waals surface area (Å²) in [5.74, 6) is 1.30. The first-order valence-electron chi connectivity index (χ1n) is 10.3. The number of nitrogens with one attached hydrogen (secondary N) is 2. The molecule has 0 aliphatic carbocycles. The largest absolute Gasteiger partial charge is 0.377 e. The minimum Gasteiger partial charge on any atom is -0.377 e. The van der Waals surface area contributed by atoms with Crippen molar-refractivity contribution < 1.29 is 13.2 Å². The molecule has 0 radical (unpaired) electrons. The second kappa shape index (κ2) is 7.35. The molecule has 1 aromatic carbocycles. The van der Waals surface area contributed by atoms with E-state index in [2.05, 4.69) is 21.8 Å². The molecule has 0 saturated carbocycles. The fourth-order valence-electron chi connectivity index (χ4n) is 4.31. The Labute approximate surface area is 180 Å². The first-order valence-corrected chi connectivity index (χ1v) is 12.4.